The molecule has 0 bridgehead atoms. The van der Waals surface area contributed by atoms with Crippen molar-refractivity contribution in [2.45, 2.75) is 20.1 Å². The van der Waals surface area contributed by atoms with Gasteiger partial charge in [0.1, 0.15) is 18.2 Å². The number of hydrogen-bond acceptors (Lipinski definition) is 4. The Morgan fingerprint density at radius 1 is 1.42 bits per heavy atom. The molecule has 0 atom stereocenters. The Bertz CT molecular complexity index is 560. The summed E-state index contributed by atoms with van der Waals surface area (Å²) < 4.78 is 20.6. The van der Waals surface area contributed by atoms with Crippen molar-refractivity contribution in [3.05, 3.63) is 42.0 Å². The summed E-state index contributed by atoms with van der Waals surface area (Å²) in [4.78, 5) is 0. The highest BCUT2D eigenvalue weighted by atomic mass is 19.1. The van der Waals surface area contributed by atoms with Gasteiger partial charge in [-0.1, -0.05) is 6.07 Å². The molecular formula is C12H14BFN2O3. The fourth-order valence-corrected chi connectivity index (χ4v) is 1.63. The Labute approximate surface area is 110 Å². The van der Waals surface area contributed by atoms with Crippen LogP contribution in [-0.4, -0.2) is 26.9 Å². The lowest BCUT2D eigenvalue weighted by molar-refractivity contribution is 0.304. The summed E-state index contributed by atoms with van der Waals surface area (Å²) in [6, 6.07) is 3.89. The topological polar surface area (TPSA) is 67.5 Å². The third-order valence-corrected chi connectivity index (χ3v) is 2.67. The van der Waals surface area contributed by atoms with E-state index in [1.165, 1.54) is 12.1 Å². The number of benzene rings is 1. The molecule has 100 valence electrons. The van der Waals surface area contributed by atoms with Gasteiger partial charge in [0.05, 0.1) is 6.20 Å². The molecule has 0 saturated heterocycles. The Balaban J connectivity index is 2.01. The molecule has 0 radical (unpaired) electrons. The third-order valence-electron chi connectivity index (χ3n) is 2.67. The zero-order valence-electron chi connectivity index (χ0n) is 10.5. The first kappa shape index (κ1) is 13.6. The summed E-state index contributed by atoms with van der Waals surface area (Å²) in [5.74, 6) is -0.386. The summed E-state index contributed by atoms with van der Waals surface area (Å²) in [7, 11) is -1.82. The van der Waals surface area contributed by atoms with Gasteiger partial charge >= 0.3 is 7.12 Å². The molecule has 0 unspecified atom stereocenters. The van der Waals surface area contributed by atoms with E-state index in [0.717, 1.165) is 18.2 Å². The van der Waals surface area contributed by atoms with Gasteiger partial charge in [-0.3, -0.25) is 4.68 Å². The molecule has 0 saturated carbocycles. The van der Waals surface area contributed by atoms with Crippen LogP contribution >= 0.6 is 0 Å². The molecule has 0 spiro atoms. The molecule has 0 amide bonds. The Kier molecular flexibility index (Phi) is 4.18. The fourth-order valence-electron chi connectivity index (χ4n) is 1.63. The van der Waals surface area contributed by atoms with Crippen LogP contribution in [0, 0.1) is 5.82 Å². The van der Waals surface area contributed by atoms with Gasteiger partial charge in [0, 0.05) is 29.8 Å². The first-order valence-electron chi connectivity index (χ1n) is 5.90. The van der Waals surface area contributed by atoms with Crippen molar-refractivity contribution in [1.29, 1.82) is 0 Å². The van der Waals surface area contributed by atoms with Crippen LogP contribution in [0.2, 0.25) is 0 Å². The second kappa shape index (κ2) is 5.86. The molecular weight excluding hydrogens is 250 g/mol. The van der Waals surface area contributed by atoms with E-state index < -0.39 is 12.9 Å². The molecule has 1 heterocycles. The van der Waals surface area contributed by atoms with Crippen LogP contribution in [0.15, 0.2) is 30.6 Å². The van der Waals surface area contributed by atoms with Crippen LogP contribution in [-0.2, 0) is 13.2 Å². The van der Waals surface area contributed by atoms with Gasteiger partial charge in [-0.05, 0) is 13.0 Å². The highest BCUT2D eigenvalue weighted by Gasteiger charge is 2.16. The fraction of sp³-hybridized carbons (Fsp3) is 0.250. The minimum Gasteiger partial charge on any atom is -0.489 e. The summed E-state index contributed by atoms with van der Waals surface area (Å²) in [6.07, 6.45) is 3.54. The maximum Gasteiger partial charge on any atom is 0.491 e. The van der Waals surface area contributed by atoms with Crippen LogP contribution in [0.5, 0.6) is 5.75 Å². The SMILES string of the molecule is CCn1cc(COc2ccc(B(O)O)c(F)c2)cn1. The van der Waals surface area contributed by atoms with Gasteiger partial charge < -0.3 is 14.8 Å². The molecule has 5 nitrogen and oxygen atoms in total. The van der Waals surface area contributed by atoms with Crippen molar-refractivity contribution < 1.29 is 19.2 Å². The first-order valence-corrected chi connectivity index (χ1v) is 5.90. The van der Waals surface area contributed by atoms with Crippen LogP contribution in [0.25, 0.3) is 0 Å². The number of nitrogens with zero attached hydrogens (tertiary/aromatic N) is 2. The van der Waals surface area contributed by atoms with E-state index in [1.807, 2.05) is 13.1 Å². The van der Waals surface area contributed by atoms with Crippen molar-refractivity contribution in [2.24, 2.45) is 0 Å². The maximum absolute atomic E-state index is 13.5. The number of rotatable bonds is 5. The first-order chi connectivity index (χ1) is 9.10. The Morgan fingerprint density at radius 2 is 2.21 bits per heavy atom. The van der Waals surface area contributed by atoms with Crippen molar-refractivity contribution in [1.82, 2.24) is 9.78 Å². The smallest absolute Gasteiger partial charge is 0.489 e. The summed E-state index contributed by atoms with van der Waals surface area (Å²) in [5, 5.41) is 21.9. The van der Waals surface area contributed by atoms with Gasteiger partial charge in [-0.2, -0.15) is 5.10 Å². The van der Waals surface area contributed by atoms with Crippen LogP contribution in [0.1, 0.15) is 12.5 Å². The zero-order valence-corrected chi connectivity index (χ0v) is 10.5. The predicted octanol–water partition coefficient (Wildman–Crippen LogP) is 0.301. The van der Waals surface area contributed by atoms with Crippen LogP contribution in [0.4, 0.5) is 4.39 Å². The molecule has 2 N–H and O–H groups in total. The van der Waals surface area contributed by atoms with Crippen molar-refractivity contribution >= 4 is 12.6 Å². The van der Waals surface area contributed by atoms with E-state index in [9.17, 15) is 4.39 Å². The quantitative estimate of drug-likeness (QED) is 0.762. The Hall–Kier alpha value is -1.86. The zero-order chi connectivity index (χ0) is 13.8. The second-order valence-corrected chi connectivity index (χ2v) is 4.05. The summed E-state index contributed by atoms with van der Waals surface area (Å²) in [6.45, 7) is 3.03. The van der Waals surface area contributed by atoms with Gasteiger partial charge in [0.25, 0.3) is 0 Å². The minimum atomic E-state index is -1.82. The highest BCUT2D eigenvalue weighted by molar-refractivity contribution is 6.58. The van der Waals surface area contributed by atoms with Crippen molar-refractivity contribution in [2.75, 3.05) is 0 Å². The normalized spacial score (nSPS) is 10.5. The van der Waals surface area contributed by atoms with Crippen molar-refractivity contribution in [3.8, 4) is 5.75 Å². The predicted molar refractivity (Wildman–Crippen MR) is 68.5 cm³/mol. The molecule has 0 fully saturated rings. The van der Waals surface area contributed by atoms with E-state index in [4.69, 9.17) is 14.8 Å². The monoisotopic (exact) mass is 264 g/mol. The van der Waals surface area contributed by atoms with Gasteiger partial charge in [-0.25, -0.2) is 4.39 Å². The van der Waals surface area contributed by atoms with E-state index >= 15 is 0 Å². The Morgan fingerprint density at radius 3 is 2.79 bits per heavy atom. The second-order valence-electron chi connectivity index (χ2n) is 4.05. The highest BCUT2D eigenvalue weighted by Crippen LogP contribution is 2.13. The number of halogens is 1. The van der Waals surface area contributed by atoms with Gasteiger partial charge in [0.2, 0.25) is 0 Å². The van der Waals surface area contributed by atoms with Gasteiger partial charge in [0.15, 0.2) is 0 Å². The van der Waals surface area contributed by atoms with Crippen molar-refractivity contribution in [3.63, 3.8) is 0 Å². The van der Waals surface area contributed by atoms with E-state index in [-0.39, 0.29) is 12.1 Å². The van der Waals surface area contributed by atoms with Gasteiger partial charge in [-0.15, -0.1) is 0 Å². The molecule has 2 rings (SSSR count). The van der Waals surface area contributed by atoms with E-state index in [0.29, 0.717) is 5.75 Å². The average molecular weight is 264 g/mol. The minimum absolute atomic E-state index is 0.175. The standard InChI is InChI=1S/C12H14BFN2O3/c1-2-16-7-9(6-15-16)8-19-10-3-4-11(13(17)18)12(14)5-10/h3-7,17-18H,2,8H2,1H3. The average Bonchev–Trinajstić information content (AvgIpc) is 2.84. The van der Waals surface area contributed by atoms with E-state index in [2.05, 4.69) is 5.10 Å². The molecule has 0 aliphatic heterocycles. The van der Waals surface area contributed by atoms with E-state index in [1.54, 1.807) is 10.9 Å². The number of aryl methyl sites for hydroxylation is 1. The number of aromatic nitrogens is 2. The number of hydrogen-bond donors (Lipinski definition) is 2. The molecule has 0 aliphatic carbocycles. The molecule has 1 aromatic heterocycles. The lowest BCUT2D eigenvalue weighted by Gasteiger charge is -2.07. The number of ether oxygens (including phenoxy) is 1. The molecule has 0 aliphatic rings. The lowest BCUT2D eigenvalue weighted by atomic mass is 9.80. The molecule has 1 aromatic carbocycles. The molecule has 2 aromatic rings. The largest absolute Gasteiger partial charge is 0.491 e. The third kappa shape index (κ3) is 3.33. The lowest BCUT2D eigenvalue weighted by Crippen LogP contribution is -2.32. The van der Waals surface area contributed by atoms with Crippen LogP contribution in [0.3, 0.4) is 0 Å². The summed E-state index contributed by atoms with van der Waals surface area (Å²) in [5.41, 5.74) is 0.708. The maximum atomic E-state index is 13.5. The molecule has 19 heavy (non-hydrogen) atoms. The van der Waals surface area contributed by atoms with Crippen LogP contribution < -0.4 is 10.2 Å². The summed E-state index contributed by atoms with van der Waals surface area (Å²) >= 11 is 0. The molecule has 7 heteroatoms.